The van der Waals surface area contributed by atoms with E-state index in [1.54, 1.807) is 60.7 Å². The van der Waals surface area contributed by atoms with Crippen molar-refractivity contribution >= 4 is 36.0 Å². The van der Waals surface area contributed by atoms with Gasteiger partial charge in [-0.3, -0.25) is 9.13 Å². The summed E-state index contributed by atoms with van der Waals surface area (Å²) >= 11 is 0. The largest absolute Gasteiger partial charge is 0.487 e. The number of ether oxygens (including phenoxy) is 6. The molecule has 50 heavy (non-hydrogen) atoms. The molecule has 0 spiro atoms. The fourth-order valence-electron chi connectivity index (χ4n) is 5.25. The Morgan fingerprint density at radius 2 is 0.780 bits per heavy atom. The number of rotatable bonds is 8. The highest BCUT2D eigenvalue weighted by Crippen LogP contribution is 2.48. The Morgan fingerprint density at radius 3 is 1.12 bits per heavy atom. The van der Waals surface area contributed by atoms with Crippen molar-refractivity contribution in [3.63, 3.8) is 0 Å². The van der Waals surface area contributed by atoms with Gasteiger partial charge in [0.25, 0.3) is 14.7 Å². The van der Waals surface area contributed by atoms with Crippen molar-refractivity contribution in [1.29, 1.82) is 0 Å². The lowest BCUT2D eigenvalue weighted by atomic mass is 10.3. The van der Waals surface area contributed by atoms with Crippen molar-refractivity contribution in [3.05, 3.63) is 97.1 Å². The van der Waals surface area contributed by atoms with Gasteiger partial charge in [0, 0.05) is 21.2 Å². The second kappa shape index (κ2) is 18.0. The van der Waals surface area contributed by atoms with Gasteiger partial charge in [-0.1, -0.05) is 36.4 Å². The number of fused-ring (bicyclic) bond motifs is 2. The third kappa shape index (κ3) is 9.79. The summed E-state index contributed by atoms with van der Waals surface area (Å²) in [5.41, 5.74) is 0. The molecule has 0 aliphatic carbocycles. The molecule has 0 N–H and O–H groups in total. The molecule has 0 fully saturated rings. The van der Waals surface area contributed by atoms with Crippen LogP contribution in [0.5, 0.6) is 23.0 Å². The van der Waals surface area contributed by atoms with E-state index in [4.69, 9.17) is 37.5 Å². The predicted molar refractivity (Wildman–Crippen MR) is 196 cm³/mol. The van der Waals surface area contributed by atoms with Gasteiger partial charge in [0.15, 0.2) is 23.0 Å². The van der Waals surface area contributed by atoms with Gasteiger partial charge < -0.3 is 37.5 Å². The molecule has 12 heteroatoms. The maximum Gasteiger partial charge on any atom is 0.261 e. The summed E-state index contributed by atoms with van der Waals surface area (Å²) < 4.78 is 76.8. The Labute approximate surface area is 294 Å². The average molecular weight is 725 g/mol. The molecule has 0 saturated heterocycles. The molecule has 4 aromatic rings. The van der Waals surface area contributed by atoms with Crippen molar-refractivity contribution in [2.75, 3.05) is 52.9 Å². The maximum absolute atomic E-state index is 14.4. The quantitative estimate of drug-likeness (QED) is 0.194. The van der Waals surface area contributed by atoms with Crippen LogP contribution in [0.3, 0.4) is 0 Å². The summed E-state index contributed by atoms with van der Waals surface area (Å²) in [5, 5.41) is 2.19. The highest BCUT2D eigenvalue weighted by molar-refractivity contribution is 7.74. The first kappa shape index (κ1) is 37.6. The minimum absolute atomic E-state index is 0.202. The Bertz CT molecular complexity index is 1620. The molecular formula is C38H46O10P2. The first-order chi connectivity index (χ1) is 24.2. The van der Waals surface area contributed by atoms with Crippen LogP contribution >= 0.6 is 14.7 Å². The Kier molecular flexibility index (Phi) is 13.6. The molecule has 2 atom stereocenters. The van der Waals surface area contributed by atoms with Gasteiger partial charge in [-0.2, -0.15) is 0 Å². The van der Waals surface area contributed by atoms with E-state index in [-0.39, 0.29) is 51.8 Å². The van der Waals surface area contributed by atoms with Gasteiger partial charge in [-0.15, -0.1) is 0 Å². The van der Waals surface area contributed by atoms with Crippen LogP contribution in [-0.2, 0) is 27.7 Å². The van der Waals surface area contributed by atoms with Crippen LogP contribution < -0.4 is 40.2 Å². The molecule has 0 radical (unpaired) electrons. The van der Waals surface area contributed by atoms with Crippen LogP contribution in [0.1, 0.15) is 27.7 Å². The van der Waals surface area contributed by atoms with Crippen LogP contribution in [0, 0.1) is 0 Å². The zero-order valence-corrected chi connectivity index (χ0v) is 30.8. The maximum atomic E-state index is 14.4. The molecule has 0 amide bonds. The average Bonchev–Trinajstić information content (AvgIpc) is 3.11. The predicted octanol–water partition coefficient (Wildman–Crippen LogP) is 6.26. The van der Waals surface area contributed by atoms with Crippen LogP contribution in [-0.4, -0.2) is 65.1 Å². The standard InChI is InChI=1S/C38H46O10P2/c1-29(2)47-49(39,31-11-7-5-8-12-31)33-15-17-35-37(27-33)45-25-21-42-22-26-46-38-28-34(16-18-36(38)44-24-20-41-19-23-43-35)50(40,48-30(3)4)32-13-9-6-10-14-32/h5-18,27-30H,19-26H2,1-4H3/t49-,50-/m1/s1. The minimum atomic E-state index is -3.43. The zero-order valence-electron chi connectivity index (χ0n) is 29.0. The van der Waals surface area contributed by atoms with Gasteiger partial charge in [0.1, 0.15) is 26.4 Å². The van der Waals surface area contributed by atoms with Crippen molar-refractivity contribution in [1.82, 2.24) is 0 Å². The van der Waals surface area contributed by atoms with E-state index in [9.17, 15) is 9.13 Å². The smallest absolute Gasteiger partial charge is 0.261 e. The third-order valence-corrected chi connectivity index (χ3v) is 12.7. The minimum Gasteiger partial charge on any atom is -0.487 e. The van der Waals surface area contributed by atoms with E-state index >= 15 is 0 Å². The topological polar surface area (TPSA) is 108 Å². The first-order valence-corrected chi connectivity index (χ1v) is 20.1. The summed E-state index contributed by atoms with van der Waals surface area (Å²) in [6.07, 6.45) is -0.546. The van der Waals surface area contributed by atoms with E-state index in [1.165, 1.54) is 0 Å². The molecule has 1 aliphatic heterocycles. The van der Waals surface area contributed by atoms with Gasteiger partial charge in [0.2, 0.25) is 0 Å². The second-order valence-electron chi connectivity index (χ2n) is 12.0. The fourth-order valence-corrected chi connectivity index (χ4v) is 9.77. The Morgan fingerprint density at radius 1 is 0.440 bits per heavy atom. The summed E-state index contributed by atoms with van der Waals surface area (Å²) in [4.78, 5) is 0. The lowest BCUT2D eigenvalue weighted by Crippen LogP contribution is -2.22. The van der Waals surface area contributed by atoms with Gasteiger partial charge in [0.05, 0.1) is 38.6 Å². The lowest BCUT2D eigenvalue weighted by Gasteiger charge is -2.23. The number of benzene rings is 4. The molecule has 1 aliphatic rings. The monoisotopic (exact) mass is 724 g/mol. The molecule has 5 rings (SSSR count). The van der Waals surface area contributed by atoms with Crippen LogP contribution in [0.25, 0.3) is 0 Å². The van der Waals surface area contributed by atoms with E-state index in [0.717, 1.165) is 0 Å². The summed E-state index contributed by atoms with van der Waals surface area (Å²) in [5.74, 6) is 1.81. The SMILES string of the molecule is CC(C)O[P@](=O)(c1ccccc1)c1ccc2c(c1)OCCOCCOc1cc([P@](=O)(OC(C)C)c3ccccc3)ccc1OCCOCCO2. The summed E-state index contributed by atoms with van der Waals surface area (Å²) in [7, 11) is -6.86. The Balaban J connectivity index is 1.31. The van der Waals surface area contributed by atoms with Gasteiger partial charge in [-0.05, 0) is 88.4 Å². The summed E-state index contributed by atoms with van der Waals surface area (Å²) in [6, 6.07) is 28.8. The molecule has 0 unspecified atom stereocenters. The molecule has 10 nitrogen and oxygen atoms in total. The van der Waals surface area contributed by atoms with Gasteiger partial charge in [-0.25, -0.2) is 0 Å². The van der Waals surface area contributed by atoms with Crippen LogP contribution in [0.2, 0.25) is 0 Å². The molecule has 4 aromatic carbocycles. The highest BCUT2D eigenvalue weighted by atomic mass is 31.2. The number of hydrogen-bond acceptors (Lipinski definition) is 10. The lowest BCUT2D eigenvalue weighted by molar-refractivity contribution is 0.0640. The number of hydrogen-bond donors (Lipinski definition) is 0. The molecular weight excluding hydrogens is 678 g/mol. The highest BCUT2D eigenvalue weighted by Gasteiger charge is 2.32. The normalized spacial score (nSPS) is 17.2. The van der Waals surface area contributed by atoms with Crippen LogP contribution in [0.4, 0.5) is 0 Å². The van der Waals surface area contributed by atoms with Crippen molar-refractivity contribution < 1.29 is 46.6 Å². The molecule has 1 heterocycles. The molecule has 0 saturated carbocycles. The van der Waals surface area contributed by atoms with E-state index in [0.29, 0.717) is 57.4 Å². The van der Waals surface area contributed by atoms with Gasteiger partial charge >= 0.3 is 0 Å². The Hall–Kier alpha value is -3.62. The zero-order chi connectivity index (χ0) is 35.4. The van der Waals surface area contributed by atoms with E-state index in [1.807, 2.05) is 64.1 Å². The van der Waals surface area contributed by atoms with E-state index < -0.39 is 14.7 Å². The third-order valence-electron chi connectivity index (χ3n) is 7.39. The van der Waals surface area contributed by atoms with Crippen molar-refractivity contribution in [3.8, 4) is 23.0 Å². The molecule has 268 valence electrons. The van der Waals surface area contributed by atoms with Crippen LogP contribution in [0.15, 0.2) is 97.1 Å². The first-order valence-electron chi connectivity index (χ1n) is 16.8. The second-order valence-corrected chi connectivity index (χ2v) is 16.7. The van der Waals surface area contributed by atoms with Crippen molar-refractivity contribution in [2.24, 2.45) is 0 Å². The fraction of sp³-hybridized carbons (Fsp3) is 0.368. The van der Waals surface area contributed by atoms with Crippen molar-refractivity contribution in [2.45, 2.75) is 39.9 Å². The summed E-state index contributed by atoms with van der Waals surface area (Å²) in [6.45, 7) is 9.43. The van der Waals surface area contributed by atoms with E-state index in [2.05, 4.69) is 0 Å². The molecule has 0 bridgehead atoms. The molecule has 0 aromatic heterocycles.